The van der Waals surface area contributed by atoms with Crippen LogP contribution in [-0.4, -0.2) is 74.1 Å². The number of anilines is 1. The first-order valence-corrected chi connectivity index (χ1v) is 10.4. The van der Waals surface area contributed by atoms with Crippen molar-refractivity contribution in [2.75, 3.05) is 51.5 Å². The Hall–Kier alpha value is -3.39. The highest BCUT2D eigenvalue weighted by Crippen LogP contribution is 2.31. The quantitative estimate of drug-likeness (QED) is 0.741. The fraction of sp³-hybridized carbons (Fsp3) is 0.348. The highest BCUT2D eigenvalue weighted by Gasteiger charge is 2.35. The molecular weight excluding hydrogens is 396 g/mol. The molecule has 1 saturated heterocycles. The van der Waals surface area contributed by atoms with Crippen LogP contribution in [0, 0.1) is 0 Å². The third kappa shape index (κ3) is 4.39. The van der Waals surface area contributed by atoms with Gasteiger partial charge in [-0.05, 0) is 37.3 Å². The van der Waals surface area contributed by atoms with Gasteiger partial charge in [-0.3, -0.25) is 14.6 Å². The van der Waals surface area contributed by atoms with Crippen LogP contribution in [0.3, 0.4) is 0 Å². The van der Waals surface area contributed by atoms with Gasteiger partial charge in [0.1, 0.15) is 11.5 Å². The molecule has 2 aromatic rings. The van der Waals surface area contributed by atoms with Crippen LogP contribution in [0.2, 0.25) is 0 Å². The van der Waals surface area contributed by atoms with E-state index in [1.807, 2.05) is 48.5 Å². The van der Waals surface area contributed by atoms with Crippen molar-refractivity contribution in [3.8, 4) is 5.75 Å². The topological polar surface area (TPSA) is 74.7 Å². The Labute approximate surface area is 181 Å². The molecule has 0 spiro atoms. The molecule has 2 heterocycles. The average Bonchev–Trinajstić information content (AvgIpc) is 3.06. The molecule has 0 unspecified atom stereocenters. The van der Waals surface area contributed by atoms with E-state index in [4.69, 9.17) is 9.47 Å². The molecule has 8 heteroatoms. The molecule has 2 aromatic carbocycles. The van der Waals surface area contributed by atoms with Gasteiger partial charge in [0.2, 0.25) is 0 Å². The minimum absolute atomic E-state index is 0.121. The van der Waals surface area contributed by atoms with Crippen molar-refractivity contribution < 1.29 is 19.1 Å². The van der Waals surface area contributed by atoms with E-state index in [2.05, 4.69) is 9.89 Å². The summed E-state index contributed by atoms with van der Waals surface area (Å²) in [7, 11) is 1.61. The lowest BCUT2D eigenvalue weighted by atomic mass is 10.1. The van der Waals surface area contributed by atoms with E-state index in [1.165, 1.54) is 0 Å². The van der Waals surface area contributed by atoms with E-state index in [0.29, 0.717) is 50.9 Å². The lowest BCUT2D eigenvalue weighted by molar-refractivity contribution is -0.112. The first kappa shape index (κ1) is 20.9. The van der Waals surface area contributed by atoms with Gasteiger partial charge >= 0.3 is 6.09 Å². The van der Waals surface area contributed by atoms with Crippen molar-refractivity contribution in [1.29, 1.82) is 0 Å². The van der Waals surface area contributed by atoms with Gasteiger partial charge in [-0.25, -0.2) is 9.79 Å². The Bertz CT molecular complexity index is 981. The highest BCUT2D eigenvalue weighted by molar-refractivity contribution is 6.54. The number of aliphatic imine (C=N–C) groups is 1. The molecule has 0 N–H and O–H groups in total. The molecular formula is C23H26N4O4. The molecule has 162 valence electrons. The molecule has 1 fully saturated rings. The molecule has 0 bridgehead atoms. The Morgan fingerprint density at radius 1 is 1.03 bits per heavy atom. The standard InChI is InChI=1S/C23H26N4O4/c1-3-31-23(29)26-14-12-25(13-15-26)16-27-20-7-5-4-6-19(20)21(22(27)28)24-17-8-10-18(30-2)11-9-17/h4-11H,3,12-16H2,1-2H3. The first-order chi connectivity index (χ1) is 15.1. The SMILES string of the molecule is CCOC(=O)N1CCN(CN2C(=O)C(=Nc3ccc(OC)cc3)c3ccccc32)CC1. The van der Waals surface area contributed by atoms with Gasteiger partial charge in [0.05, 0.1) is 31.8 Å². The number of amides is 2. The van der Waals surface area contributed by atoms with Crippen LogP contribution >= 0.6 is 0 Å². The second-order valence-electron chi connectivity index (χ2n) is 7.35. The third-order valence-corrected chi connectivity index (χ3v) is 5.45. The number of fused-ring (bicyclic) bond motifs is 1. The number of para-hydroxylation sites is 1. The first-order valence-electron chi connectivity index (χ1n) is 10.4. The number of rotatable bonds is 5. The van der Waals surface area contributed by atoms with Gasteiger partial charge in [-0.15, -0.1) is 0 Å². The van der Waals surface area contributed by atoms with Crippen molar-refractivity contribution in [2.24, 2.45) is 4.99 Å². The smallest absolute Gasteiger partial charge is 0.409 e. The Balaban J connectivity index is 1.50. The number of carbonyl (C=O) groups excluding carboxylic acids is 2. The minimum atomic E-state index is -0.279. The zero-order chi connectivity index (χ0) is 21.8. The van der Waals surface area contributed by atoms with E-state index in [0.717, 1.165) is 17.0 Å². The molecule has 31 heavy (non-hydrogen) atoms. The number of methoxy groups -OCH3 is 1. The Morgan fingerprint density at radius 3 is 2.42 bits per heavy atom. The van der Waals surface area contributed by atoms with Crippen LogP contribution in [0.1, 0.15) is 12.5 Å². The second kappa shape index (κ2) is 9.18. The summed E-state index contributed by atoms with van der Waals surface area (Å²) in [6.07, 6.45) is -0.279. The molecule has 0 radical (unpaired) electrons. The summed E-state index contributed by atoms with van der Waals surface area (Å²) in [5.41, 5.74) is 2.82. The van der Waals surface area contributed by atoms with Crippen LogP contribution in [0.5, 0.6) is 5.75 Å². The molecule has 2 amide bonds. The summed E-state index contributed by atoms with van der Waals surface area (Å²) >= 11 is 0. The number of piperazine rings is 1. The van der Waals surface area contributed by atoms with Gasteiger partial charge < -0.3 is 14.4 Å². The van der Waals surface area contributed by atoms with Gasteiger partial charge in [0.15, 0.2) is 0 Å². The summed E-state index contributed by atoms with van der Waals surface area (Å²) in [5, 5.41) is 0. The van der Waals surface area contributed by atoms with Crippen LogP contribution in [0.4, 0.5) is 16.2 Å². The summed E-state index contributed by atoms with van der Waals surface area (Å²) in [4.78, 5) is 35.5. The Kier molecular flexibility index (Phi) is 6.18. The van der Waals surface area contributed by atoms with Crippen LogP contribution in [0.15, 0.2) is 53.5 Å². The molecule has 0 aliphatic carbocycles. The molecule has 2 aliphatic rings. The van der Waals surface area contributed by atoms with E-state index in [1.54, 1.807) is 23.8 Å². The van der Waals surface area contributed by atoms with E-state index < -0.39 is 0 Å². The van der Waals surface area contributed by atoms with Gasteiger partial charge in [0.25, 0.3) is 5.91 Å². The van der Waals surface area contributed by atoms with Crippen LogP contribution < -0.4 is 9.64 Å². The summed E-state index contributed by atoms with van der Waals surface area (Å²) in [6, 6.07) is 15.0. The predicted octanol–water partition coefficient (Wildman–Crippen LogP) is 2.89. The second-order valence-corrected chi connectivity index (χ2v) is 7.35. The molecule has 0 aromatic heterocycles. The molecule has 8 nitrogen and oxygen atoms in total. The van der Waals surface area contributed by atoms with Gasteiger partial charge in [-0.1, -0.05) is 18.2 Å². The number of nitrogens with zero attached hydrogens (tertiary/aromatic N) is 4. The van der Waals surface area contributed by atoms with Crippen molar-refractivity contribution in [2.45, 2.75) is 6.92 Å². The zero-order valence-electron chi connectivity index (χ0n) is 17.8. The number of hydrogen-bond donors (Lipinski definition) is 0. The van der Waals surface area contributed by atoms with Crippen LogP contribution in [0.25, 0.3) is 0 Å². The monoisotopic (exact) mass is 422 g/mol. The van der Waals surface area contributed by atoms with Crippen molar-refractivity contribution in [3.63, 3.8) is 0 Å². The minimum Gasteiger partial charge on any atom is -0.497 e. The highest BCUT2D eigenvalue weighted by atomic mass is 16.6. The summed E-state index contributed by atoms with van der Waals surface area (Å²) in [6.45, 7) is 5.13. The molecule has 4 rings (SSSR count). The predicted molar refractivity (Wildman–Crippen MR) is 118 cm³/mol. The normalized spacial score (nSPS) is 17.7. The summed E-state index contributed by atoms with van der Waals surface area (Å²) < 4.78 is 10.3. The summed E-state index contributed by atoms with van der Waals surface area (Å²) in [5.74, 6) is 0.621. The van der Waals surface area contributed by atoms with Crippen molar-refractivity contribution in [3.05, 3.63) is 54.1 Å². The average molecular weight is 422 g/mol. The number of carbonyl (C=O) groups is 2. The largest absolute Gasteiger partial charge is 0.497 e. The molecule has 2 aliphatic heterocycles. The van der Waals surface area contributed by atoms with E-state index >= 15 is 0 Å². The molecule has 0 atom stereocenters. The lowest BCUT2D eigenvalue weighted by Gasteiger charge is -2.36. The number of ether oxygens (including phenoxy) is 2. The number of hydrogen-bond acceptors (Lipinski definition) is 6. The van der Waals surface area contributed by atoms with Gasteiger partial charge in [-0.2, -0.15) is 0 Å². The van der Waals surface area contributed by atoms with Gasteiger partial charge in [0, 0.05) is 31.7 Å². The fourth-order valence-corrected chi connectivity index (χ4v) is 3.78. The number of benzene rings is 2. The van der Waals surface area contributed by atoms with E-state index in [9.17, 15) is 9.59 Å². The van der Waals surface area contributed by atoms with Crippen molar-refractivity contribution in [1.82, 2.24) is 9.80 Å². The van der Waals surface area contributed by atoms with E-state index in [-0.39, 0.29) is 12.0 Å². The Morgan fingerprint density at radius 2 is 1.74 bits per heavy atom. The maximum Gasteiger partial charge on any atom is 0.409 e. The van der Waals surface area contributed by atoms with Crippen molar-refractivity contribution >= 4 is 29.1 Å². The third-order valence-electron chi connectivity index (χ3n) is 5.45. The lowest BCUT2D eigenvalue weighted by Crippen LogP contribution is -2.52. The maximum atomic E-state index is 13.3. The fourth-order valence-electron chi connectivity index (χ4n) is 3.78. The zero-order valence-corrected chi connectivity index (χ0v) is 17.8. The van der Waals surface area contributed by atoms with Crippen LogP contribution in [-0.2, 0) is 9.53 Å². The maximum absolute atomic E-state index is 13.3. The molecule has 0 saturated carbocycles.